The number of guanidine groups is 2. The van der Waals surface area contributed by atoms with Crippen LogP contribution in [0, 0.1) is 0 Å². The lowest BCUT2D eigenvalue weighted by Crippen LogP contribution is -2.30. The average Bonchev–Trinajstić information content (AvgIpc) is 2.26. The van der Waals surface area contributed by atoms with Crippen LogP contribution < -0.4 is 11.5 Å². The highest BCUT2D eigenvalue weighted by Gasteiger charge is 2.05. The molecule has 5 nitrogen and oxygen atoms in total. The van der Waals surface area contributed by atoms with Gasteiger partial charge in [-0.3, -0.25) is 4.99 Å². The van der Waals surface area contributed by atoms with Gasteiger partial charge in [0.25, 0.3) is 0 Å². The molecule has 0 bridgehead atoms. The second-order valence-electron chi connectivity index (χ2n) is 3.40. The van der Waals surface area contributed by atoms with E-state index >= 15 is 0 Å². The smallest absolute Gasteiger partial charge is 0.223 e. The predicted octanol–water partition coefficient (Wildman–Crippen LogP) is 0.378. The first-order chi connectivity index (χ1) is 7.63. The Morgan fingerprint density at radius 1 is 1.25 bits per heavy atom. The summed E-state index contributed by atoms with van der Waals surface area (Å²) < 4.78 is 0. The monoisotopic (exact) mass is 219 g/mol. The Morgan fingerprint density at radius 3 is 2.38 bits per heavy atom. The Labute approximate surface area is 95.5 Å². The lowest BCUT2D eigenvalue weighted by atomic mass is 10.2. The first-order valence-electron chi connectivity index (χ1n) is 4.95. The number of aliphatic imine (C=N–C) groups is 2. The molecule has 0 saturated heterocycles. The molecule has 0 aromatic heterocycles. The maximum atomic E-state index is 5.32. The molecule has 0 aliphatic carbocycles. The van der Waals surface area contributed by atoms with Crippen molar-refractivity contribution in [1.29, 1.82) is 0 Å². The summed E-state index contributed by atoms with van der Waals surface area (Å²) in [6.07, 6.45) is 0. The fourth-order valence-corrected chi connectivity index (χ4v) is 1.35. The van der Waals surface area contributed by atoms with Gasteiger partial charge in [-0.2, -0.15) is 4.99 Å². The molecule has 16 heavy (non-hydrogen) atoms. The third kappa shape index (κ3) is 3.61. The van der Waals surface area contributed by atoms with Crippen molar-refractivity contribution in [3.8, 4) is 0 Å². The highest BCUT2D eigenvalue weighted by molar-refractivity contribution is 5.93. The molecule has 0 spiro atoms. The minimum absolute atomic E-state index is 0.0144. The van der Waals surface area contributed by atoms with Crippen LogP contribution >= 0.6 is 0 Å². The molecule has 4 N–H and O–H groups in total. The second-order valence-corrected chi connectivity index (χ2v) is 3.40. The Hall–Kier alpha value is -2.04. The van der Waals surface area contributed by atoms with Crippen LogP contribution in [0.25, 0.3) is 0 Å². The molecule has 0 radical (unpaired) electrons. The summed E-state index contributed by atoms with van der Waals surface area (Å²) >= 11 is 0. The van der Waals surface area contributed by atoms with E-state index in [4.69, 9.17) is 11.5 Å². The van der Waals surface area contributed by atoms with Crippen molar-refractivity contribution in [3.05, 3.63) is 35.9 Å². The summed E-state index contributed by atoms with van der Waals surface area (Å²) in [5.41, 5.74) is 11.8. The van der Waals surface area contributed by atoms with E-state index in [9.17, 15) is 0 Å². The summed E-state index contributed by atoms with van der Waals surface area (Å²) in [6, 6.07) is 10.0. The van der Waals surface area contributed by atoms with Crippen LogP contribution in [0.4, 0.5) is 0 Å². The van der Waals surface area contributed by atoms with Gasteiger partial charge < -0.3 is 16.4 Å². The van der Waals surface area contributed by atoms with Gasteiger partial charge in [0.2, 0.25) is 5.96 Å². The van der Waals surface area contributed by atoms with Gasteiger partial charge in [-0.15, -0.1) is 0 Å². The van der Waals surface area contributed by atoms with Crippen molar-refractivity contribution in [2.75, 3.05) is 14.1 Å². The van der Waals surface area contributed by atoms with E-state index in [1.807, 2.05) is 42.3 Å². The van der Waals surface area contributed by atoms with Crippen molar-refractivity contribution >= 4 is 11.9 Å². The van der Waals surface area contributed by atoms with E-state index in [0.717, 1.165) is 0 Å². The Bertz CT molecular complexity index is 379. The van der Waals surface area contributed by atoms with Gasteiger partial charge in [-0.25, -0.2) is 0 Å². The predicted molar refractivity (Wildman–Crippen MR) is 67.1 cm³/mol. The number of hydrogen-bond acceptors (Lipinski definition) is 1. The first-order valence-corrected chi connectivity index (χ1v) is 4.95. The molecule has 1 aromatic carbocycles. The third-order valence-corrected chi connectivity index (χ3v) is 2.03. The Kier molecular flexibility index (Phi) is 4.32. The average molecular weight is 219 g/mol. The zero-order valence-electron chi connectivity index (χ0n) is 9.59. The zero-order valence-corrected chi connectivity index (χ0v) is 9.59. The summed E-state index contributed by atoms with van der Waals surface area (Å²) in [4.78, 5) is 9.84. The maximum absolute atomic E-state index is 5.32. The van der Waals surface area contributed by atoms with Crippen molar-refractivity contribution < 1.29 is 0 Å². The summed E-state index contributed by atoms with van der Waals surface area (Å²) in [5.74, 6) is 0.532. The number of benzene rings is 1. The molecule has 0 atom stereocenters. The van der Waals surface area contributed by atoms with Crippen LogP contribution in [-0.2, 0) is 6.54 Å². The molecule has 0 aliphatic heterocycles. The number of hydrogen-bond donors (Lipinski definition) is 2. The van der Waals surface area contributed by atoms with Crippen LogP contribution in [-0.4, -0.2) is 30.9 Å². The minimum Gasteiger partial charge on any atom is -0.370 e. The first kappa shape index (κ1) is 12.0. The van der Waals surface area contributed by atoms with Crippen molar-refractivity contribution in [3.63, 3.8) is 0 Å². The van der Waals surface area contributed by atoms with Gasteiger partial charge in [-0.1, -0.05) is 30.3 Å². The third-order valence-electron chi connectivity index (χ3n) is 2.03. The van der Waals surface area contributed by atoms with Crippen LogP contribution in [0.1, 0.15) is 5.56 Å². The van der Waals surface area contributed by atoms with Gasteiger partial charge in [0.15, 0.2) is 5.96 Å². The maximum Gasteiger partial charge on any atom is 0.223 e. The Balaban J connectivity index is 2.72. The van der Waals surface area contributed by atoms with E-state index < -0.39 is 0 Å². The van der Waals surface area contributed by atoms with Crippen LogP contribution in [0.2, 0.25) is 0 Å². The largest absolute Gasteiger partial charge is 0.370 e. The summed E-state index contributed by atoms with van der Waals surface area (Å²) in [5, 5.41) is 0. The van der Waals surface area contributed by atoms with Gasteiger partial charge in [0.05, 0.1) is 0 Å². The lowest BCUT2D eigenvalue weighted by Gasteiger charge is -2.17. The molecule has 0 aliphatic rings. The van der Waals surface area contributed by atoms with Crippen LogP contribution in [0.15, 0.2) is 40.3 Å². The molecule has 0 amide bonds. The van der Waals surface area contributed by atoms with E-state index in [-0.39, 0.29) is 5.96 Å². The second kappa shape index (κ2) is 5.75. The van der Waals surface area contributed by atoms with E-state index in [0.29, 0.717) is 12.5 Å². The molecule has 0 unspecified atom stereocenters. The highest BCUT2D eigenvalue weighted by Crippen LogP contribution is 2.03. The fraction of sp³-hybridized carbons (Fsp3) is 0.273. The van der Waals surface area contributed by atoms with Gasteiger partial charge in [0, 0.05) is 20.6 Å². The Morgan fingerprint density at radius 2 is 1.88 bits per heavy atom. The van der Waals surface area contributed by atoms with Gasteiger partial charge in [-0.05, 0) is 5.56 Å². The van der Waals surface area contributed by atoms with E-state index in [1.165, 1.54) is 5.56 Å². The molecule has 0 heterocycles. The fourth-order valence-electron chi connectivity index (χ4n) is 1.35. The molecular weight excluding hydrogens is 202 g/mol. The highest BCUT2D eigenvalue weighted by atomic mass is 15.3. The number of nitrogens with two attached hydrogens (primary N) is 2. The van der Waals surface area contributed by atoms with E-state index in [2.05, 4.69) is 9.98 Å². The molecule has 1 rings (SSSR count). The van der Waals surface area contributed by atoms with Gasteiger partial charge >= 0.3 is 0 Å². The molecule has 0 fully saturated rings. The van der Waals surface area contributed by atoms with Crippen molar-refractivity contribution in [2.24, 2.45) is 21.5 Å². The van der Waals surface area contributed by atoms with E-state index in [1.54, 1.807) is 7.05 Å². The molecule has 86 valence electrons. The molecule has 0 saturated carbocycles. The number of rotatable bonds is 2. The van der Waals surface area contributed by atoms with Gasteiger partial charge in [0.1, 0.15) is 0 Å². The van der Waals surface area contributed by atoms with Crippen LogP contribution in [0.3, 0.4) is 0 Å². The quantitative estimate of drug-likeness (QED) is 0.557. The normalized spacial score (nSPS) is 11.0. The van der Waals surface area contributed by atoms with Crippen molar-refractivity contribution in [2.45, 2.75) is 6.54 Å². The lowest BCUT2D eigenvalue weighted by molar-refractivity contribution is 0.494. The SMILES string of the molecule is CN=C(N=C(N)N)N(C)Cc1ccccc1. The minimum atomic E-state index is 0.0144. The summed E-state index contributed by atoms with van der Waals surface area (Å²) in [6.45, 7) is 0.713. The molecule has 5 heteroatoms. The zero-order chi connectivity index (χ0) is 12.0. The number of nitrogens with zero attached hydrogens (tertiary/aromatic N) is 3. The van der Waals surface area contributed by atoms with Crippen molar-refractivity contribution in [1.82, 2.24) is 4.90 Å². The molecule has 1 aromatic rings. The topological polar surface area (TPSA) is 80.0 Å². The molecular formula is C11H17N5. The standard InChI is InChI=1S/C11H17N5/c1-14-11(15-10(12)13)16(2)8-9-6-4-3-5-7-9/h3-7H,8H2,1-2H3,(H4,12,13,14,15). The van der Waals surface area contributed by atoms with Crippen LogP contribution in [0.5, 0.6) is 0 Å². The summed E-state index contributed by atoms with van der Waals surface area (Å²) in [7, 11) is 3.55.